The lowest BCUT2D eigenvalue weighted by Crippen LogP contribution is -2.04. The summed E-state index contributed by atoms with van der Waals surface area (Å²) in [5, 5.41) is 9.21. The van der Waals surface area contributed by atoms with E-state index in [4.69, 9.17) is 14.2 Å². The highest BCUT2D eigenvalue weighted by Crippen LogP contribution is 2.39. The number of hydrogen-bond acceptors (Lipinski definition) is 4. The molecule has 0 saturated carbocycles. The molecule has 3 N–H and O–H groups in total. The van der Waals surface area contributed by atoms with Crippen molar-refractivity contribution in [3.8, 4) is 17.2 Å². The molecule has 2 rings (SSSR count). The van der Waals surface area contributed by atoms with Crippen molar-refractivity contribution in [3.63, 3.8) is 0 Å². The van der Waals surface area contributed by atoms with E-state index in [0.717, 1.165) is 12.3 Å². The summed E-state index contributed by atoms with van der Waals surface area (Å²) in [6.45, 7) is 0. The lowest BCUT2D eigenvalue weighted by Gasteiger charge is -2.04. The first-order valence-electron chi connectivity index (χ1n) is 4.28. The largest absolute Gasteiger partial charge is 0.506 e. The van der Waals surface area contributed by atoms with E-state index in [0.29, 0.717) is 0 Å². The first-order valence-corrected chi connectivity index (χ1v) is 5.89. The molecule has 16 heavy (non-hydrogen) atoms. The van der Waals surface area contributed by atoms with E-state index in [9.17, 15) is 9.67 Å². The van der Waals surface area contributed by atoms with Gasteiger partial charge in [-0.3, -0.25) is 4.57 Å². The molecule has 0 atom stereocenters. The number of furan rings is 1. The van der Waals surface area contributed by atoms with Crippen molar-refractivity contribution in [2.45, 2.75) is 0 Å². The minimum absolute atomic E-state index is 0.00539. The van der Waals surface area contributed by atoms with Crippen molar-refractivity contribution in [1.82, 2.24) is 4.98 Å². The van der Waals surface area contributed by atoms with Gasteiger partial charge in [-0.2, -0.15) is 0 Å². The van der Waals surface area contributed by atoms with E-state index in [1.54, 1.807) is 0 Å². The van der Waals surface area contributed by atoms with Crippen LogP contribution in [0, 0.1) is 0 Å². The Morgan fingerprint density at radius 2 is 2.06 bits per heavy atom. The molecule has 2 heterocycles. The summed E-state index contributed by atoms with van der Waals surface area (Å²) in [5.74, 6) is -0.321. The Kier molecular flexibility index (Phi) is 2.55. The zero-order valence-electron chi connectivity index (χ0n) is 7.94. The maximum absolute atomic E-state index is 11.1. The van der Waals surface area contributed by atoms with Crippen LogP contribution in [0.1, 0.15) is 0 Å². The molecule has 0 fully saturated rings. The smallest absolute Gasteiger partial charge is 0.360 e. The Hall–Kier alpha value is -1.62. The van der Waals surface area contributed by atoms with Crippen molar-refractivity contribution in [1.29, 1.82) is 0 Å². The molecule has 7 heteroatoms. The van der Waals surface area contributed by atoms with Gasteiger partial charge in [-0.25, -0.2) is 4.98 Å². The summed E-state index contributed by atoms with van der Waals surface area (Å²) < 4.78 is 16.1. The van der Waals surface area contributed by atoms with E-state index in [-0.39, 0.29) is 22.5 Å². The van der Waals surface area contributed by atoms with Gasteiger partial charge in [0.15, 0.2) is 5.76 Å². The monoisotopic (exact) mass is 241 g/mol. The summed E-state index contributed by atoms with van der Waals surface area (Å²) in [5.41, 5.74) is 0.00539. The van der Waals surface area contributed by atoms with Crippen LogP contribution >= 0.6 is 7.60 Å². The molecular formula is C9H8NO5P. The Bertz CT molecular complexity index is 559. The minimum Gasteiger partial charge on any atom is -0.506 e. The van der Waals surface area contributed by atoms with Gasteiger partial charge in [-0.1, -0.05) is 0 Å². The lowest BCUT2D eigenvalue weighted by molar-refractivity contribution is 0.387. The van der Waals surface area contributed by atoms with Gasteiger partial charge in [0.2, 0.25) is 0 Å². The van der Waals surface area contributed by atoms with Crippen LogP contribution in [0.25, 0.3) is 11.5 Å². The molecule has 0 amide bonds. The topological polar surface area (TPSA) is 104 Å². The molecule has 0 aromatic carbocycles. The van der Waals surface area contributed by atoms with Gasteiger partial charge >= 0.3 is 7.60 Å². The molecule has 0 spiro atoms. The van der Waals surface area contributed by atoms with E-state index in [2.05, 4.69) is 4.98 Å². The van der Waals surface area contributed by atoms with Gasteiger partial charge in [-0.15, -0.1) is 0 Å². The SMILES string of the molecule is O=P(O)(O)c1ccoc1-c1ncccc1O. The molecule has 2 aromatic rings. The first kappa shape index (κ1) is 10.9. The van der Waals surface area contributed by atoms with Gasteiger partial charge in [0, 0.05) is 6.20 Å². The zero-order valence-corrected chi connectivity index (χ0v) is 8.83. The molecule has 0 aliphatic carbocycles. The van der Waals surface area contributed by atoms with E-state index in [1.807, 2.05) is 0 Å². The van der Waals surface area contributed by atoms with Crippen LogP contribution in [0.2, 0.25) is 0 Å². The van der Waals surface area contributed by atoms with E-state index in [1.165, 1.54) is 18.3 Å². The third-order valence-corrected chi connectivity index (χ3v) is 2.94. The maximum atomic E-state index is 11.1. The van der Waals surface area contributed by atoms with Crippen LogP contribution in [0.15, 0.2) is 35.1 Å². The molecule has 0 aliphatic rings. The summed E-state index contributed by atoms with van der Waals surface area (Å²) in [4.78, 5) is 21.9. The fourth-order valence-corrected chi connectivity index (χ4v) is 1.96. The van der Waals surface area contributed by atoms with Gasteiger partial charge < -0.3 is 19.3 Å². The quantitative estimate of drug-likeness (QED) is 0.673. The predicted octanol–water partition coefficient (Wildman–Crippen LogP) is 0.850. The number of pyridine rings is 1. The first-order chi connectivity index (χ1) is 7.50. The second kappa shape index (κ2) is 3.75. The fraction of sp³-hybridized carbons (Fsp3) is 0. The van der Waals surface area contributed by atoms with Crippen LogP contribution in [-0.4, -0.2) is 19.9 Å². The van der Waals surface area contributed by atoms with Crippen molar-refractivity contribution in [2.75, 3.05) is 0 Å². The maximum Gasteiger partial charge on any atom is 0.360 e. The highest BCUT2D eigenvalue weighted by molar-refractivity contribution is 7.60. The average molecular weight is 241 g/mol. The van der Waals surface area contributed by atoms with E-state index >= 15 is 0 Å². The Morgan fingerprint density at radius 1 is 1.31 bits per heavy atom. The fourth-order valence-electron chi connectivity index (χ4n) is 1.28. The Labute approximate surface area is 90.3 Å². The number of hydrogen-bond donors (Lipinski definition) is 3. The molecule has 0 radical (unpaired) electrons. The Balaban J connectivity index is 2.63. The highest BCUT2D eigenvalue weighted by atomic mass is 31.2. The molecule has 2 aromatic heterocycles. The normalized spacial score (nSPS) is 11.6. The van der Waals surface area contributed by atoms with Crippen LogP contribution in [0.3, 0.4) is 0 Å². The number of aromatic nitrogens is 1. The second-order valence-corrected chi connectivity index (χ2v) is 4.62. The lowest BCUT2D eigenvalue weighted by atomic mass is 10.2. The van der Waals surface area contributed by atoms with Crippen molar-refractivity contribution in [3.05, 3.63) is 30.7 Å². The number of nitrogens with zero attached hydrogens (tertiary/aromatic N) is 1. The van der Waals surface area contributed by atoms with Crippen molar-refractivity contribution < 1.29 is 23.9 Å². The average Bonchev–Trinajstić information content (AvgIpc) is 2.66. The molecule has 0 aliphatic heterocycles. The van der Waals surface area contributed by atoms with Crippen LogP contribution in [0.4, 0.5) is 0 Å². The van der Waals surface area contributed by atoms with Gasteiger partial charge in [0.25, 0.3) is 0 Å². The predicted molar refractivity (Wildman–Crippen MR) is 55.3 cm³/mol. The summed E-state index contributed by atoms with van der Waals surface area (Å²) in [7, 11) is -4.44. The van der Waals surface area contributed by atoms with Crippen molar-refractivity contribution >= 4 is 12.9 Å². The zero-order chi connectivity index (χ0) is 11.8. The molecule has 6 nitrogen and oxygen atoms in total. The van der Waals surface area contributed by atoms with Gasteiger partial charge in [0.05, 0.1) is 6.26 Å². The highest BCUT2D eigenvalue weighted by Gasteiger charge is 2.27. The standard InChI is InChI=1S/C9H8NO5P/c11-6-2-1-4-10-8(6)9-7(3-5-15-9)16(12,13)14/h1-5,11H,(H2,12,13,14). The molecule has 0 bridgehead atoms. The molecular weight excluding hydrogens is 233 g/mol. The van der Waals surface area contributed by atoms with Gasteiger partial charge in [0.1, 0.15) is 16.7 Å². The van der Waals surface area contributed by atoms with Crippen LogP contribution < -0.4 is 5.30 Å². The Morgan fingerprint density at radius 3 is 2.69 bits per heavy atom. The molecule has 84 valence electrons. The molecule has 0 saturated heterocycles. The molecule has 0 unspecified atom stereocenters. The second-order valence-electron chi connectivity index (χ2n) is 3.05. The summed E-state index contributed by atoms with van der Waals surface area (Å²) in [6, 6.07) is 4.01. The number of aromatic hydroxyl groups is 1. The summed E-state index contributed by atoms with van der Waals surface area (Å²) in [6.07, 6.45) is 2.53. The van der Waals surface area contributed by atoms with Crippen LogP contribution in [-0.2, 0) is 4.57 Å². The third kappa shape index (κ3) is 1.86. The summed E-state index contributed by atoms with van der Waals surface area (Å²) >= 11 is 0. The van der Waals surface area contributed by atoms with Crippen LogP contribution in [0.5, 0.6) is 5.75 Å². The third-order valence-electron chi connectivity index (χ3n) is 1.96. The minimum atomic E-state index is -4.44. The van der Waals surface area contributed by atoms with E-state index < -0.39 is 7.60 Å². The van der Waals surface area contributed by atoms with Crippen molar-refractivity contribution in [2.24, 2.45) is 0 Å². The van der Waals surface area contributed by atoms with Gasteiger partial charge in [-0.05, 0) is 18.2 Å². The number of rotatable bonds is 2.